The molecule has 0 aliphatic carbocycles. The summed E-state index contributed by atoms with van der Waals surface area (Å²) in [6, 6.07) is 8.01. The second kappa shape index (κ2) is 4.77. The molecule has 15 heavy (non-hydrogen) atoms. The Morgan fingerprint density at radius 1 is 1.13 bits per heavy atom. The van der Waals surface area contributed by atoms with E-state index in [0.29, 0.717) is 0 Å². The number of likely N-dealkylation sites (tertiary alicyclic amines) is 1. The fourth-order valence-electron chi connectivity index (χ4n) is 1.83. The molecule has 0 bridgehead atoms. The van der Waals surface area contributed by atoms with Crippen molar-refractivity contribution in [2.45, 2.75) is 19.4 Å². The Labute approximate surface area is 95.4 Å². The van der Waals surface area contributed by atoms with Gasteiger partial charge in [0, 0.05) is 30.4 Å². The molecule has 1 heterocycles. The minimum Gasteiger partial charge on any atom is -0.310 e. The first-order valence-electron chi connectivity index (χ1n) is 5.27. The van der Waals surface area contributed by atoms with Gasteiger partial charge in [0.05, 0.1) is 0 Å². The van der Waals surface area contributed by atoms with Crippen LogP contribution in [0, 0.1) is 5.41 Å². The molecule has 1 N–H and O–H groups in total. The molecule has 3 heteroatoms. The van der Waals surface area contributed by atoms with Crippen LogP contribution >= 0.6 is 11.6 Å². The van der Waals surface area contributed by atoms with Gasteiger partial charge in [0.25, 0.3) is 0 Å². The molecule has 80 valence electrons. The van der Waals surface area contributed by atoms with Gasteiger partial charge in [-0.25, -0.2) is 0 Å². The molecule has 0 saturated carbocycles. The third-order valence-electron chi connectivity index (χ3n) is 2.78. The Morgan fingerprint density at radius 3 is 2.33 bits per heavy atom. The predicted octanol–water partition coefficient (Wildman–Crippen LogP) is 2.96. The molecule has 1 saturated heterocycles. The van der Waals surface area contributed by atoms with E-state index in [1.807, 2.05) is 12.1 Å². The van der Waals surface area contributed by atoms with Crippen LogP contribution in [-0.2, 0) is 6.54 Å². The molecule has 1 fully saturated rings. The van der Waals surface area contributed by atoms with Crippen molar-refractivity contribution in [2.24, 2.45) is 0 Å². The summed E-state index contributed by atoms with van der Waals surface area (Å²) in [6.07, 6.45) is 1.85. The smallest absolute Gasteiger partial charge is 0.0406 e. The van der Waals surface area contributed by atoms with Crippen molar-refractivity contribution in [3.05, 3.63) is 34.9 Å². The van der Waals surface area contributed by atoms with E-state index in [0.717, 1.165) is 43.2 Å². The molecule has 1 aromatic carbocycles. The first kappa shape index (κ1) is 10.7. The molecule has 2 rings (SSSR count). The fourth-order valence-corrected chi connectivity index (χ4v) is 1.96. The number of piperidine rings is 1. The van der Waals surface area contributed by atoms with Crippen LogP contribution in [0.25, 0.3) is 0 Å². The van der Waals surface area contributed by atoms with Crippen molar-refractivity contribution < 1.29 is 0 Å². The quantitative estimate of drug-likeness (QED) is 0.819. The van der Waals surface area contributed by atoms with Gasteiger partial charge in [-0.3, -0.25) is 4.90 Å². The van der Waals surface area contributed by atoms with Crippen LogP contribution in [0.5, 0.6) is 0 Å². The van der Waals surface area contributed by atoms with E-state index in [1.54, 1.807) is 0 Å². The molecule has 1 aromatic rings. The zero-order valence-corrected chi connectivity index (χ0v) is 9.43. The average Bonchev–Trinajstić information content (AvgIpc) is 2.25. The molecule has 0 radical (unpaired) electrons. The Morgan fingerprint density at radius 2 is 1.73 bits per heavy atom. The normalized spacial score (nSPS) is 18.1. The number of nitrogens with zero attached hydrogens (tertiary/aromatic N) is 1. The first-order valence-corrected chi connectivity index (χ1v) is 5.65. The van der Waals surface area contributed by atoms with Gasteiger partial charge in [0.1, 0.15) is 0 Å². The number of benzene rings is 1. The van der Waals surface area contributed by atoms with E-state index in [4.69, 9.17) is 17.0 Å². The van der Waals surface area contributed by atoms with Crippen molar-refractivity contribution in [3.63, 3.8) is 0 Å². The maximum absolute atomic E-state index is 7.54. The zero-order chi connectivity index (χ0) is 10.7. The number of halogens is 1. The topological polar surface area (TPSA) is 27.1 Å². The molecule has 0 atom stereocenters. The summed E-state index contributed by atoms with van der Waals surface area (Å²) in [7, 11) is 0. The van der Waals surface area contributed by atoms with Gasteiger partial charge in [-0.05, 0) is 30.5 Å². The molecular weight excluding hydrogens is 208 g/mol. The van der Waals surface area contributed by atoms with Crippen LogP contribution in [0.1, 0.15) is 18.4 Å². The van der Waals surface area contributed by atoms with E-state index in [9.17, 15) is 0 Å². The lowest BCUT2D eigenvalue weighted by molar-refractivity contribution is 0.266. The van der Waals surface area contributed by atoms with Crippen molar-refractivity contribution in [1.29, 1.82) is 5.41 Å². The molecule has 1 aliphatic rings. The second-order valence-corrected chi connectivity index (χ2v) is 4.44. The largest absolute Gasteiger partial charge is 0.310 e. The maximum Gasteiger partial charge on any atom is 0.0406 e. The number of hydrogen-bond acceptors (Lipinski definition) is 2. The van der Waals surface area contributed by atoms with Gasteiger partial charge in [-0.15, -0.1) is 0 Å². The van der Waals surface area contributed by atoms with Crippen LogP contribution in [0.4, 0.5) is 0 Å². The van der Waals surface area contributed by atoms with Gasteiger partial charge in [0.15, 0.2) is 0 Å². The Kier molecular flexibility index (Phi) is 3.39. The van der Waals surface area contributed by atoms with E-state index in [2.05, 4.69) is 17.0 Å². The Bertz CT molecular complexity index is 335. The monoisotopic (exact) mass is 222 g/mol. The lowest BCUT2D eigenvalue weighted by Gasteiger charge is -2.26. The van der Waals surface area contributed by atoms with Crippen molar-refractivity contribution in [1.82, 2.24) is 4.90 Å². The fraction of sp³-hybridized carbons (Fsp3) is 0.417. The summed E-state index contributed by atoms with van der Waals surface area (Å²) in [5.74, 6) is 0. The highest BCUT2D eigenvalue weighted by Crippen LogP contribution is 2.14. The summed E-state index contributed by atoms with van der Waals surface area (Å²) in [5, 5.41) is 8.33. The van der Waals surface area contributed by atoms with Crippen LogP contribution < -0.4 is 0 Å². The third kappa shape index (κ3) is 3.05. The number of rotatable bonds is 2. The minimum atomic E-state index is 0.791. The Balaban J connectivity index is 1.91. The van der Waals surface area contributed by atoms with Gasteiger partial charge in [-0.2, -0.15) is 0 Å². The maximum atomic E-state index is 7.54. The SMILES string of the molecule is N=C1CCN(Cc2ccc(Cl)cc2)CC1. The van der Waals surface area contributed by atoms with Gasteiger partial charge in [-0.1, -0.05) is 23.7 Å². The molecule has 0 unspecified atom stereocenters. The summed E-state index contributed by atoms with van der Waals surface area (Å²) in [4.78, 5) is 2.39. The van der Waals surface area contributed by atoms with E-state index in [1.165, 1.54) is 5.56 Å². The summed E-state index contributed by atoms with van der Waals surface area (Å²) in [5.41, 5.74) is 2.19. The van der Waals surface area contributed by atoms with Gasteiger partial charge >= 0.3 is 0 Å². The van der Waals surface area contributed by atoms with Gasteiger partial charge < -0.3 is 5.41 Å². The van der Waals surface area contributed by atoms with E-state index >= 15 is 0 Å². The highest BCUT2D eigenvalue weighted by molar-refractivity contribution is 6.30. The standard InChI is InChI=1S/C12H15ClN2/c13-11-3-1-10(2-4-11)9-15-7-5-12(14)6-8-15/h1-4,14H,5-9H2. The summed E-state index contributed by atoms with van der Waals surface area (Å²) < 4.78 is 0. The second-order valence-electron chi connectivity index (χ2n) is 4.01. The van der Waals surface area contributed by atoms with Crippen LogP contribution in [0.15, 0.2) is 24.3 Å². The van der Waals surface area contributed by atoms with Gasteiger partial charge in [0.2, 0.25) is 0 Å². The molecule has 0 aromatic heterocycles. The molecule has 0 spiro atoms. The molecular formula is C12H15ClN2. The molecule has 2 nitrogen and oxygen atoms in total. The summed E-state index contributed by atoms with van der Waals surface area (Å²) in [6.45, 7) is 3.01. The van der Waals surface area contributed by atoms with Crippen molar-refractivity contribution >= 4 is 17.3 Å². The first-order chi connectivity index (χ1) is 7.24. The molecule has 1 aliphatic heterocycles. The zero-order valence-electron chi connectivity index (χ0n) is 8.67. The number of hydrogen-bond donors (Lipinski definition) is 1. The highest BCUT2D eigenvalue weighted by atomic mass is 35.5. The van der Waals surface area contributed by atoms with E-state index < -0.39 is 0 Å². The van der Waals surface area contributed by atoms with Crippen LogP contribution in [-0.4, -0.2) is 23.7 Å². The van der Waals surface area contributed by atoms with Crippen LogP contribution in [0.3, 0.4) is 0 Å². The lowest BCUT2D eigenvalue weighted by atomic mass is 10.1. The van der Waals surface area contributed by atoms with Crippen LogP contribution in [0.2, 0.25) is 5.02 Å². The highest BCUT2D eigenvalue weighted by Gasteiger charge is 2.13. The number of nitrogens with one attached hydrogen (secondary N) is 1. The lowest BCUT2D eigenvalue weighted by Crippen LogP contribution is -2.32. The van der Waals surface area contributed by atoms with Crippen molar-refractivity contribution in [3.8, 4) is 0 Å². The van der Waals surface area contributed by atoms with Crippen molar-refractivity contribution in [2.75, 3.05) is 13.1 Å². The van der Waals surface area contributed by atoms with E-state index in [-0.39, 0.29) is 0 Å². The predicted molar refractivity (Wildman–Crippen MR) is 63.7 cm³/mol. The molecule has 0 amide bonds. The third-order valence-corrected chi connectivity index (χ3v) is 3.03. The average molecular weight is 223 g/mol. The summed E-state index contributed by atoms with van der Waals surface area (Å²) >= 11 is 5.83. The Hall–Kier alpha value is -0.860. The minimum absolute atomic E-state index is 0.791.